The summed E-state index contributed by atoms with van der Waals surface area (Å²) in [5.41, 5.74) is 6.61. The quantitative estimate of drug-likeness (QED) is 0.885. The monoisotopic (exact) mass is 355 g/mol. The van der Waals surface area contributed by atoms with E-state index < -0.39 is 6.04 Å². The van der Waals surface area contributed by atoms with E-state index in [1.165, 1.54) is 16.3 Å². The molecule has 26 heavy (non-hydrogen) atoms. The maximum atomic E-state index is 12.5. The zero-order valence-electron chi connectivity index (χ0n) is 15.7. The lowest BCUT2D eigenvalue weighted by Gasteiger charge is -2.33. The van der Waals surface area contributed by atoms with Crippen LogP contribution in [0.1, 0.15) is 31.2 Å². The van der Waals surface area contributed by atoms with E-state index in [9.17, 15) is 9.59 Å². The third-order valence-corrected chi connectivity index (χ3v) is 4.64. The molecule has 0 radical (unpaired) electrons. The van der Waals surface area contributed by atoms with Crippen molar-refractivity contribution in [2.45, 2.75) is 38.1 Å². The van der Waals surface area contributed by atoms with Gasteiger partial charge >= 0.3 is 0 Å². The Hall–Kier alpha value is -2.40. The van der Waals surface area contributed by atoms with Crippen molar-refractivity contribution < 1.29 is 9.59 Å². The van der Waals surface area contributed by atoms with Gasteiger partial charge in [-0.2, -0.15) is 0 Å². The molecule has 2 aromatic carbocycles. The Kier molecular flexibility index (Phi) is 7.60. The van der Waals surface area contributed by atoms with Gasteiger partial charge in [0.1, 0.15) is 6.04 Å². The number of primary amides is 1. The van der Waals surface area contributed by atoms with Crippen LogP contribution in [0.5, 0.6) is 0 Å². The minimum absolute atomic E-state index is 0.0291. The van der Waals surface area contributed by atoms with E-state index in [1.807, 2.05) is 32.3 Å². The summed E-state index contributed by atoms with van der Waals surface area (Å²) in [6.07, 6.45) is 3.69. The first kappa shape index (κ1) is 19.9. The molecule has 3 N–H and O–H groups in total. The normalized spacial score (nSPS) is 16.7. The molecule has 0 spiro atoms. The van der Waals surface area contributed by atoms with Crippen LogP contribution in [0.15, 0.2) is 42.5 Å². The van der Waals surface area contributed by atoms with Crippen molar-refractivity contribution in [3.05, 3.63) is 48.0 Å². The highest BCUT2D eigenvalue weighted by molar-refractivity contribution is 5.88. The van der Waals surface area contributed by atoms with E-state index in [0.29, 0.717) is 25.8 Å². The lowest BCUT2D eigenvalue weighted by molar-refractivity contribution is -0.141. The van der Waals surface area contributed by atoms with Gasteiger partial charge in [0.15, 0.2) is 0 Å². The molecule has 3 rings (SSSR count). The molecule has 0 aliphatic carbocycles. The van der Waals surface area contributed by atoms with Crippen molar-refractivity contribution in [2.24, 2.45) is 5.73 Å². The van der Waals surface area contributed by atoms with Gasteiger partial charge in [-0.15, -0.1) is 0 Å². The molecule has 0 aromatic heterocycles. The SMILES string of the molecule is CNC.NC(=O)[C@@H]1CCCCN1C(=O)CCc1cccc2ccccc12. The van der Waals surface area contributed by atoms with Gasteiger partial charge in [0, 0.05) is 13.0 Å². The molecule has 5 nitrogen and oxygen atoms in total. The van der Waals surface area contributed by atoms with Crippen LogP contribution in [0.25, 0.3) is 10.8 Å². The molecule has 140 valence electrons. The first-order valence-electron chi connectivity index (χ1n) is 9.22. The van der Waals surface area contributed by atoms with Crippen molar-refractivity contribution in [3.63, 3.8) is 0 Å². The third kappa shape index (κ3) is 5.05. The fraction of sp³-hybridized carbons (Fsp3) is 0.429. The van der Waals surface area contributed by atoms with Crippen molar-refractivity contribution >= 4 is 22.6 Å². The molecule has 1 fully saturated rings. The van der Waals surface area contributed by atoms with Crippen LogP contribution in [0, 0.1) is 0 Å². The molecule has 1 heterocycles. The second-order valence-corrected chi connectivity index (χ2v) is 6.64. The van der Waals surface area contributed by atoms with Gasteiger partial charge in [0.2, 0.25) is 11.8 Å². The predicted molar refractivity (Wildman–Crippen MR) is 106 cm³/mol. The van der Waals surface area contributed by atoms with Gasteiger partial charge < -0.3 is 16.0 Å². The number of hydrogen-bond acceptors (Lipinski definition) is 3. The van der Waals surface area contributed by atoms with Crippen molar-refractivity contribution in [2.75, 3.05) is 20.6 Å². The molecule has 0 unspecified atom stereocenters. The number of hydrogen-bond donors (Lipinski definition) is 2. The van der Waals surface area contributed by atoms with Gasteiger partial charge in [0.25, 0.3) is 0 Å². The number of rotatable bonds is 4. The Bertz CT molecular complexity index is 740. The second-order valence-electron chi connectivity index (χ2n) is 6.64. The summed E-state index contributed by atoms with van der Waals surface area (Å²) in [6.45, 7) is 0.641. The second kappa shape index (κ2) is 9.92. The fourth-order valence-corrected chi connectivity index (χ4v) is 3.42. The molecule has 1 aliphatic rings. The van der Waals surface area contributed by atoms with Crippen LogP contribution in [-0.4, -0.2) is 43.4 Å². The van der Waals surface area contributed by atoms with Crippen molar-refractivity contribution in [1.29, 1.82) is 0 Å². The standard InChI is InChI=1S/C19H22N2O2.C2H7N/c20-19(23)17-10-3-4-13-21(17)18(22)12-11-15-8-5-7-14-6-1-2-9-16(14)15;1-3-2/h1-2,5-9,17H,3-4,10-13H2,(H2,20,23);3H,1-2H3/t17-;/m0./s1. The van der Waals surface area contributed by atoms with E-state index in [-0.39, 0.29) is 11.8 Å². The van der Waals surface area contributed by atoms with Gasteiger partial charge in [-0.25, -0.2) is 0 Å². The Labute approximate surface area is 155 Å². The molecular formula is C21H29N3O2. The number of benzene rings is 2. The molecule has 1 saturated heterocycles. The molecule has 5 heteroatoms. The van der Waals surface area contributed by atoms with E-state index in [2.05, 4.69) is 29.6 Å². The minimum atomic E-state index is -0.427. The Morgan fingerprint density at radius 1 is 1.12 bits per heavy atom. The molecule has 0 bridgehead atoms. The Morgan fingerprint density at radius 3 is 2.54 bits per heavy atom. The van der Waals surface area contributed by atoms with Gasteiger partial charge in [-0.05, 0) is 56.1 Å². The van der Waals surface area contributed by atoms with Crippen LogP contribution in [0.3, 0.4) is 0 Å². The van der Waals surface area contributed by atoms with Gasteiger partial charge in [-0.1, -0.05) is 42.5 Å². The van der Waals surface area contributed by atoms with Crippen molar-refractivity contribution in [1.82, 2.24) is 10.2 Å². The molecule has 2 amide bonds. The first-order chi connectivity index (χ1) is 12.6. The number of likely N-dealkylation sites (tertiary alicyclic amines) is 1. The summed E-state index contributed by atoms with van der Waals surface area (Å²) >= 11 is 0. The Morgan fingerprint density at radius 2 is 1.81 bits per heavy atom. The topological polar surface area (TPSA) is 75.4 Å². The lowest BCUT2D eigenvalue weighted by Crippen LogP contribution is -2.50. The average molecular weight is 355 g/mol. The summed E-state index contributed by atoms with van der Waals surface area (Å²) in [4.78, 5) is 25.8. The van der Waals surface area contributed by atoms with Crippen LogP contribution in [-0.2, 0) is 16.0 Å². The number of nitrogens with zero attached hydrogens (tertiary/aromatic N) is 1. The number of carbonyl (C=O) groups is 2. The number of amides is 2. The summed E-state index contributed by atoms with van der Waals surface area (Å²) in [5.74, 6) is -0.357. The summed E-state index contributed by atoms with van der Waals surface area (Å²) in [6, 6.07) is 13.9. The highest BCUT2D eigenvalue weighted by Crippen LogP contribution is 2.22. The number of fused-ring (bicyclic) bond motifs is 1. The molecule has 1 aliphatic heterocycles. The number of nitrogens with two attached hydrogens (primary N) is 1. The molecule has 2 aromatic rings. The molecule has 1 atom stereocenters. The third-order valence-electron chi connectivity index (χ3n) is 4.64. The number of aryl methyl sites for hydroxylation is 1. The van der Waals surface area contributed by atoms with Gasteiger partial charge in [0.05, 0.1) is 0 Å². The van der Waals surface area contributed by atoms with E-state index >= 15 is 0 Å². The smallest absolute Gasteiger partial charge is 0.240 e. The summed E-state index contributed by atoms with van der Waals surface area (Å²) in [7, 11) is 3.75. The van der Waals surface area contributed by atoms with Crippen LogP contribution in [0.2, 0.25) is 0 Å². The highest BCUT2D eigenvalue weighted by Gasteiger charge is 2.30. The number of piperidine rings is 1. The summed E-state index contributed by atoms with van der Waals surface area (Å²) in [5, 5.41) is 5.12. The zero-order valence-corrected chi connectivity index (χ0v) is 15.7. The van der Waals surface area contributed by atoms with Crippen molar-refractivity contribution in [3.8, 4) is 0 Å². The average Bonchev–Trinajstić information content (AvgIpc) is 2.66. The van der Waals surface area contributed by atoms with Gasteiger partial charge in [-0.3, -0.25) is 9.59 Å². The first-order valence-corrected chi connectivity index (χ1v) is 9.22. The number of nitrogens with one attached hydrogen (secondary N) is 1. The lowest BCUT2D eigenvalue weighted by atomic mass is 9.98. The van der Waals surface area contributed by atoms with Crippen LogP contribution in [0.4, 0.5) is 0 Å². The minimum Gasteiger partial charge on any atom is -0.368 e. The highest BCUT2D eigenvalue weighted by atomic mass is 16.2. The zero-order chi connectivity index (χ0) is 18.9. The number of carbonyl (C=O) groups excluding carboxylic acids is 2. The maximum Gasteiger partial charge on any atom is 0.240 e. The maximum absolute atomic E-state index is 12.5. The van der Waals surface area contributed by atoms with E-state index in [1.54, 1.807) is 4.90 Å². The van der Waals surface area contributed by atoms with E-state index in [4.69, 9.17) is 5.73 Å². The predicted octanol–water partition coefficient (Wildman–Crippen LogP) is 2.47. The van der Waals surface area contributed by atoms with E-state index in [0.717, 1.165) is 12.8 Å². The fourth-order valence-electron chi connectivity index (χ4n) is 3.42. The largest absolute Gasteiger partial charge is 0.368 e. The van der Waals surface area contributed by atoms with Crippen LogP contribution >= 0.6 is 0 Å². The molecular weight excluding hydrogens is 326 g/mol. The molecule has 0 saturated carbocycles. The summed E-state index contributed by atoms with van der Waals surface area (Å²) < 4.78 is 0. The Balaban J connectivity index is 0.000000758. The van der Waals surface area contributed by atoms with Crippen LogP contribution < -0.4 is 11.1 Å².